The number of halogens is 2. The third-order valence-corrected chi connectivity index (χ3v) is 4.86. The topological polar surface area (TPSA) is 56.1 Å². The van der Waals surface area contributed by atoms with Gasteiger partial charge in [-0.15, -0.1) is 0 Å². The van der Waals surface area contributed by atoms with E-state index in [4.69, 9.17) is 27.9 Å². The number of aryl methyl sites for hydroxylation is 1. The summed E-state index contributed by atoms with van der Waals surface area (Å²) in [5, 5.41) is 3.53. The third-order valence-electron chi connectivity index (χ3n) is 4.04. The van der Waals surface area contributed by atoms with E-state index in [1.54, 1.807) is 31.5 Å². The number of carbonyl (C=O) groups is 1. The van der Waals surface area contributed by atoms with Crippen LogP contribution in [0.1, 0.15) is 27.8 Å². The van der Waals surface area contributed by atoms with E-state index in [1.165, 1.54) is 0 Å². The summed E-state index contributed by atoms with van der Waals surface area (Å²) in [6.45, 7) is 0. The molecule has 1 amide bonds. The zero-order valence-corrected chi connectivity index (χ0v) is 15.8. The molecule has 7 heteroatoms. The normalized spacial score (nSPS) is 11.8. The molecule has 1 unspecified atom stereocenters. The second-order valence-corrected chi connectivity index (χ2v) is 6.43. The van der Waals surface area contributed by atoms with Crippen molar-refractivity contribution in [3.63, 3.8) is 0 Å². The Morgan fingerprint density at radius 3 is 2.65 bits per heavy atom. The molecule has 26 heavy (non-hydrogen) atoms. The van der Waals surface area contributed by atoms with Crippen molar-refractivity contribution in [2.75, 3.05) is 7.11 Å². The van der Waals surface area contributed by atoms with Gasteiger partial charge < -0.3 is 14.6 Å². The molecule has 0 saturated carbocycles. The van der Waals surface area contributed by atoms with Crippen molar-refractivity contribution >= 4 is 29.1 Å². The monoisotopic (exact) mass is 389 g/mol. The Bertz CT molecular complexity index is 940. The fourth-order valence-electron chi connectivity index (χ4n) is 2.73. The maximum absolute atomic E-state index is 12.9. The summed E-state index contributed by atoms with van der Waals surface area (Å²) in [4.78, 5) is 17.3. The molecular formula is C19H17Cl2N3O2. The summed E-state index contributed by atoms with van der Waals surface area (Å²) in [6, 6.07) is 11.9. The van der Waals surface area contributed by atoms with Crippen LogP contribution in [0.3, 0.4) is 0 Å². The summed E-state index contributed by atoms with van der Waals surface area (Å²) < 4.78 is 7.30. The number of benzene rings is 2. The van der Waals surface area contributed by atoms with Crippen molar-refractivity contribution in [1.29, 1.82) is 0 Å². The predicted molar refractivity (Wildman–Crippen MR) is 102 cm³/mol. The Hall–Kier alpha value is -2.50. The number of methoxy groups -OCH3 is 1. The maximum atomic E-state index is 12.9. The van der Waals surface area contributed by atoms with E-state index in [2.05, 4.69) is 10.3 Å². The minimum atomic E-state index is -0.520. The highest BCUT2D eigenvalue weighted by atomic mass is 35.5. The highest BCUT2D eigenvalue weighted by Crippen LogP contribution is 2.31. The van der Waals surface area contributed by atoms with Gasteiger partial charge in [0.25, 0.3) is 5.91 Å². The van der Waals surface area contributed by atoms with Crippen LogP contribution < -0.4 is 10.1 Å². The van der Waals surface area contributed by atoms with Gasteiger partial charge in [-0.2, -0.15) is 0 Å². The van der Waals surface area contributed by atoms with Gasteiger partial charge in [-0.25, -0.2) is 4.98 Å². The Morgan fingerprint density at radius 2 is 1.96 bits per heavy atom. The van der Waals surface area contributed by atoms with Crippen LogP contribution in [0, 0.1) is 0 Å². The summed E-state index contributed by atoms with van der Waals surface area (Å²) in [7, 11) is 3.45. The Kier molecular flexibility index (Phi) is 5.49. The number of imidazole rings is 1. The van der Waals surface area contributed by atoms with Crippen molar-refractivity contribution in [3.8, 4) is 5.75 Å². The molecule has 1 heterocycles. The molecule has 1 aromatic heterocycles. The van der Waals surface area contributed by atoms with Gasteiger partial charge in [0.1, 0.15) is 17.6 Å². The maximum Gasteiger partial charge on any atom is 0.253 e. The minimum absolute atomic E-state index is 0.213. The SMILES string of the molecule is COc1ccccc1C(NC(=O)c1cccc(Cl)c1Cl)c1nccn1C. The molecule has 0 fully saturated rings. The average Bonchev–Trinajstić information content (AvgIpc) is 3.07. The number of hydrogen-bond acceptors (Lipinski definition) is 3. The van der Waals surface area contributed by atoms with Crippen molar-refractivity contribution in [2.24, 2.45) is 7.05 Å². The molecular weight excluding hydrogens is 373 g/mol. The highest BCUT2D eigenvalue weighted by Gasteiger charge is 2.25. The molecule has 0 saturated heterocycles. The Labute approximate surface area is 161 Å². The van der Waals surface area contributed by atoms with E-state index in [-0.39, 0.29) is 10.9 Å². The first-order valence-electron chi connectivity index (χ1n) is 7.88. The summed E-state index contributed by atoms with van der Waals surface area (Å²) in [5.41, 5.74) is 1.09. The van der Waals surface area contributed by atoms with Crippen molar-refractivity contribution in [3.05, 3.63) is 81.9 Å². The van der Waals surface area contributed by atoms with E-state index in [0.717, 1.165) is 5.56 Å². The van der Waals surface area contributed by atoms with Gasteiger partial charge in [0.05, 0.1) is 22.7 Å². The zero-order chi connectivity index (χ0) is 18.7. The molecule has 1 N–H and O–H groups in total. The number of ether oxygens (including phenoxy) is 1. The molecule has 0 aliphatic heterocycles. The van der Waals surface area contributed by atoms with Gasteiger partial charge in [-0.1, -0.05) is 47.5 Å². The Balaban J connectivity index is 2.03. The van der Waals surface area contributed by atoms with Gasteiger partial charge >= 0.3 is 0 Å². The number of aromatic nitrogens is 2. The molecule has 0 radical (unpaired) electrons. The number of para-hydroxylation sites is 1. The number of nitrogens with one attached hydrogen (secondary N) is 1. The fraction of sp³-hybridized carbons (Fsp3) is 0.158. The molecule has 3 aromatic rings. The molecule has 0 aliphatic rings. The van der Waals surface area contributed by atoms with Crippen LogP contribution in [0.2, 0.25) is 10.0 Å². The van der Waals surface area contributed by atoms with Gasteiger partial charge in [0.15, 0.2) is 0 Å². The fourth-order valence-corrected chi connectivity index (χ4v) is 3.12. The zero-order valence-electron chi connectivity index (χ0n) is 14.2. The predicted octanol–water partition coefficient (Wildman–Crippen LogP) is 4.25. The number of carbonyl (C=O) groups excluding carboxylic acids is 1. The number of amides is 1. The molecule has 0 aliphatic carbocycles. The molecule has 0 spiro atoms. The van der Waals surface area contributed by atoms with Crippen LogP contribution in [-0.4, -0.2) is 22.6 Å². The molecule has 5 nitrogen and oxygen atoms in total. The van der Waals surface area contributed by atoms with Crippen LogP contribution >= 0.6 is 23.2 Å². The number of nitrogens with zero attached hydrogens (tertiary/aromatic N) is 2. The van der Waals surface area contributed by atoms with Crippen LogP contribution in [0.5, 0.6) is 5.75 Å². The standard InChI is InChI=1S/C19H17Cl2N3O2/c1-24-11-10-22-18(24)17(12-6-3-4-9-15(12)26-2)23-19(25)13-7-5-8-14(20)16(13)21/h3-11,17H,1-2H3,(H,23,25). The highest BCUT2D eigenvalue weighted by molar-refractivity contribution is 6.43. The lowest BCUT2D eigenvalue weighted by atomic mass is 10.0. The second kappa shape index (κ2) is 7.81. The smallest absolute Gasteiger partial charge is 0.253 e. The van der Waals surface area contributed by atoms with E-state index in [0.29, 0.717) is 22.2 Å². The quantitative estimate of drug-likeness (QED) is 0.709. The summed E-state index contributed by atoms with van der Waals surface area (Å²) >= 11 is 12.2. The first-order valence-corrected chi connectivity index (χ1v) is 8.63. The van der Waals surface area contributed by atoms with Crippen molar-refractivity contribution in [2.45, 2.75) is 6.04 Å². The molecule has 2 aromatic carbocycles. The van der Waals surface area contributed by atoms with E-state index in [9.17, 15) is 4.79 Å². The average molecular weight is 390 g/mol. The van der Waals surface area contributed by atoms with Crippen molar-refractivity contribution < 1.29 is 9.53 Å². The minimum Gasteiger partial charge on any atom is -0.496 e. The first kappa shape index (κ1) is 18.3. The summed E-state index contributed by atoms with van der Waals surface area (Å²) in [6.07, 6.45) is 3.49. The van der Waals surface area contributed by atoms with Crippen LogP contribution in [0.4, 0.5) is 0 Å². The van der Waals surface area contributed by atoms with E-state index >= 15 is 0 Å². The lowest BCUT2D eigenvalue weighted by Crippen LogP contribution is -2.31. The van der Waals surface area contributed by atoms with Gasteiger partial charge in [0.2, 0.25) is 0 Å². The summed E-state index contributed by atoms with van der Waals surface area (Å²) in [5.74, 6) is 0.968. The van der Waals surface area contributed by atoms with Gasteiger partial charge in [-0.05, 0) is 18.2 Å². The Morgan fingerprint density at radius 1 is 1.19 bits per heavy atom. The van der Waals surface area contributed by atoms with Crippen LogP contribution in [0.25, 0.3) is 0 Å². The molecule has 3 rings (SSSR count). The van der Waals surface area contributed by atoms with Gasteiger partial charge in [0, 0.05) is 25.0 Å². The number of hydrogen-bond donors (Lipinski definition) is 1. The largest absolute Gasteiger partial charge is 0.496 e. The van der Waals surface area contributed by atoms with E-state index in [1.807, 2.05) is 42.1 Å². The third kappa shape index (κ3) is 3.54. The lowest BCUT2D eigenvalue weighted by Gasteiger charge is -2.21. The number of rotatable bonds is 5. The molecule has 0 bridgehead atoms. The lowest BCUT2D eigenvalue weighted by molar-refractivity contribution is 0.0941. The molecule has 1 atom stereocenters. The van der Waals surface area contributed by atoms with Crippen molar-refractivity contribution in [1.82, 2.24) is 14.9 Å². The van der Waals surface area contributed by atoms with Crippen LogP contribution in [-0.2, 0) is 7.05 Å². The first-order chi connectivity index (χ1) is 12.5. The van der Waals surface area contributed by atoms with Gasteiger partial charge in [-0.3, -0.25) is 4.79 Å². The molecule has 134 valence electrons. The van der Waals surface area contributed by atoms with E-state index < -0.39 is 6.04 Å². The van der Waals surface area contributed by atoms with Crippen LogP contribution in [0.15, 0.2) is 54.9 Å². The second-order valence-electron chi connectivity index (χ2n) is 5.65.